The molecule has 0 aliphatic rings. The van der Waals surface area contributed by atoms with E-state index in [4.69, 9.17) is 4.55 Å². The third kappa shape index (κ3) is 2.11. The van der Waals surface area contributed by atoms with E-state index in [2.05, 4.69) is 6.92 Å². The summed E-state index contributed by atoms with van der Waals surface area (Å²) in [7, 11) is -4.10. The first-order valence-electron chi connectivity index (χ1n) is 5.00. The minimum Gasteiger partial charge on any atom is -0.282 e. The number of aryl methyl sites for hydroxylation is 1. The van der Waals surface area contributed by atoms with Gasteiger partial charge in [0.15, 0.2) is 0 Å². The van der Waals surface area contributed by atoms with E-state index >= 15 is 0 Å². The molecule has 0 atom stereocenters. The summed E-state index contributed by atoms with van der Waals surface area (Å²) in [6.07, 6.45) is 1.95. The highest BCUT2D eigenvalue weighted by Gasteiger charge is 2.12. The van der Waals surface area contributed by atoms with E-state index in [9.17, 15) is 8.42 Å². The van der Waals surface area contributed by atoms with Gasteiger partial charge in [0.2, 0.25) is 0 Å². The van der Waals surface area contributed by atoms with Gasteiger partial charge in [-0.15, -0.1) is 11.3 Å². The van der Waals surface area contributed by atoms with Crippen molar-refractivity contribution in [2.24, 2.45) is 0 Å². The lowest BCUT2D eigenvalue weighted by atomic mass is 10.1. The van der Waals surface area contributed by atoms with Gasteiger partial charge < -0.3 is 0 Å². The van der Waals surface area contributed by atoms with Gasteiger partial charge >= 0.3 is 0 Å². The van der Waals surface area contributed by atoms with Crippen molar-refractivity contribution in [2.45, 2.75) is 24.7 Å². The molecule has 2 aromatic rings. The molecule has 0 aliphatic heterocycles. The Hall–Kier alpha value is -0.910. The van der Waals surface area contributed by atoms with E-state index < -0.39 is 10.1 Å². The van der Waals surface area contributed by atoms with Crippen LogP contribution in [0, 0.1) is 0 Å². The second-order valence-electron chi connectivity index (χ2n) is 3.63. The topological polar surface area (TPSA) is 54.4 Å². The molecule has 0 radical (unpaired) electrons. The van der Waals surface area contributed by atoms with Crippen molar-refractivity contribution < 1.29 is 13.0 Å². The molecule has 1 heterocycles. The highest BCUT2D eigenvalue weighted by molar-refractivity contribution is 7.85. The van der Waals surface area contributed by atoms with Crippen molar-refractivity contribution in [2.75, 3.05) is 0 Å². The Kier molecular flexibility index (Phi) is 3.01. The van der Waals surface area contributed by atoms with Crippen molar-refractivity contribution in [1.82, 2.24) is 0 Å². The Balaban J connectivity index is 2.63. The number of benzene rings is 1. The largest absolute Gasteiger partial charge is 0.294 e. The molecule has 0 bridgehead atoms. The Labute approximate surface area is 98.5 Å². The van der Waals surface area contributed by atoms with Crippen LogP contribution in [0.5, 0.6) is 0 Å². The molecule has 0 amide bonds. The fraction of sp³-hybridized carbons (Fsp3) is 0.273. The van der Waals surface area contributed by atoms with Crippen LogP contribution in [-0.2, 0) is 16.5 Å². The smallest absolute Gasteiger partial charge is 0.282 e. The average molecular weight is 256 g/mol. The van der Waals surface area contributed by atoms with Crippen molar-refractivity contribution in [3.05, 3.63) is 28.5 Å². The summed E-state index contributed by atoms with van der Waals surface area (Å²) >= 11 is 1.63. The number of rotatable bonds is 3. The second kappa shape index (κ2) is 4.16. The van der Waals surface area contributed by atoms with Gasteiger partial charge in [0.25, 0.3) is 10.1 Å². The van der Waals surface area contributed by atoms with Crippen molar-refractivity contribution in [3.63, 3.8) is 0 Å². The average Bonchev–Trinajstić information content (AvgIpc) is 2.60. The molecule has 0 unspecified atom stereocenters. The SMILES string of the molecule is CCCc1scc2ccc(S(=O)(=O)O)cc12. The zero-order chi connectivity index (χ0) is 11.8. The molecule has 16 heavy (non-hydrogen) atoms. The first-order chi connectivity index (χ1) is 7.52. The summed E-state index contributed by atoms with van der Waals surface area (Å²) in [5.74, 6) is 0. The van der Waals surface area contributed by atoms with Gasteiger partial charge in [-0.2, -0.15) is 8.42 Å². The quantitative estimate of drug-likeness (QED) is 0.858. The summed E-state index contributed by atoms with van der Waals surface area (Å²) in [5.41, 5.74) is 0. The molecule has 86 valence electrons. The van der Waals surface area contributed by atoms with E-state index in [0.29, 0.717) is 0 Å². The summed E-state index contributed by atoms with van der Waals surface area (Å²) in [6, 6.07) is 4.71. The van der Waals surface area contributed by atoms with Crippen LogP contribution in [0.3, 0.4) is 0 Å². The highest BCUT2D eigenvalue weighted by Crippen LogP contribution is 2.29. The van der Waals surface area contributed by atoms with Crippen LogP contribution in [0.4, 0.5) is 0 Å². The maximum atomic E-state index is 11.0. The molecular weight excluding hydrogens is 244 g/mol. The molecule has 0 fully saturated rings. The van der Waals surface area contributed by atoms with Crippen LogP contribution in [0.25, 0.3) is 10.8 Å². The predicted octanol–water partition coefficient (Wildman–Crippen LogP) is 3.10. The lowest BCUT2D eigenvalue weighted by Crippen LogP contribution is -1.97. The maximum Gasteiger partial charge on any atom is 0.294 e. The molecule has 1 N–H and O–H groups in total. The fourth-order valence-electron chi connectivity index (χ4n) is 1.66. The molecular formula is C11H12O3S2. The lowest BCUT2D eigenvalue weighted by molar-refractivity contribution is 0.483. The summed E-state index contributed by atoms with van der Waals surface area (Å²) in [4.78, 5) is 1.14. The molecule has 0 spiro atoms. The Morgan fingerprint density at radius 1 is 1.38 bits per heavy atom. The summed E-state index contributed by atoms with van der Waals surface area (Å²) in [6.45, 7) is 2.08. The minimum atomic E-state index is -4.10. The molecule has 3 nitrogen and oxygen atoms in total. The van der Waals surface area contributed by atoms with Crippen LogP contribution in [0.15, 0.2) is 28.5 Å². The Bertz CT molecular complexity index is 611. The molecule has 0 aliphatic carbocycles. The van der Waals surface area contributed by atoms with Gasteiger partial charge in [0.1, 0.15) is 0 Å². The fourth-order valence-corrected chi connectivity index (χ4v) is 3.27. The second-order valence-corrected chi connectivity index (χ2v) is 6.02. The number of hydrogen-bond acceptors (Lipinski definition) is 3. The standard InChI is InChI=1S/C11H12O3S2/c1-2-3-11-10-6-9(16(12,13)14)5-4-8(10)7-15-11/h4-7H,2-3H2,1H3,(H,12,13,14). The molecule has 1 aromatic carbocycles. The zero-order valence-corrected chi connectivity index (χ0v) is 10.4. The monoisotopic (exact) mass is 256 g/mol. The van der Waals surface area contributed by atoms with E-state index in [-0.39, 0.29) is 4.90 Å². The maximum absolute atomic E-state index is 11.0. The predicted molar refractivity (Wildman–Crippen MR) is 65.6 cm³/mol. The molecule has 5 heteroatoms. The van der Waals surface area contributed by atoms with Gasteiger partial charge in [-0.3, -0.25) is 4.55 Å². The minimum absolute atomic E-state index is 0.0317. The first-order valence-corrected chi connectivity index (χ1v) is 7.32. The first kappa shape index (κ1) is 11.6. The van der Waals surface area contributed by atoms with E-state index in [1.807, 2.05) is 5.38 Å². The van der Waals surface area contributed by atoms with E-state index in [1.54, 1.807) is 23.5 Å². The molecule has 0 saturated carbocycles. The van der Waals surface area contributed by atoms with Gasteiger partial charge in [0.05, 0.1) is 4.90 Å². The van der Waals surface area contributed by atoms with E-state index in [1.165, 1.54) is 10.9 Å². The van der Waals surface area contributed by atoms with Gasteiger partial charge in [0, 0.05) is 4.88 Å². The van der Waals surface area contributed by atoms with Crippen molar-refractivity contribution >= 4 is 32.2 Å². The zero-order valence-electron chi connectivity index (χ0n) is 8.80. The van der Waals surface area contributed by atoms with Crippen LogP contribution in [-0.4, -0.2) is 13.0 Å². The van der Waals surface area contributed by atoms with Crippen LogP contribution < -0.4 is 0 Å². The van der Waals surface area contributed by atoms with Gasteiger partial charge in [-0.05, 0) is 34.7 Å². The molecule has 2 rings (SSSR count). The van der Waals surface area contributed by atoms with Gasteiger partial charge in [-0.1, -0.05) is 19.4 Å². The number of hydrogen-bond donors (Lipinski definition) is 1. The molecule has 0 saturated heterocycles. The Morgan fingerprint density at radius 2 is 2.12 bits per heavy atom. The third-order valence-corrected chi connectivity index (χ3v) is 4.36. The number of fused-ring (bicyclic) bond motifs is 1. The van der Waals surface area contributed by atoms with Crippen LogP contribution in [0.2, 0.25) is 0 Å². The van der Waals surface area contributed by atoms with E-state index in [0.717, 1.165) is 23.6 Å². The van der Waals surface area contributed by atoms with Crippen molar-refractivity contribution in [1.29, 1.82) is 0 Å². The highest BCUT2D eigenvalue weighted by atomic mass is 32.2. The number of thiophene rings is 1. The van der Waals surface area contributed by atoms with Gasteiger partial charge in [-0.25, -0.2) is 0 Å². The van der Waals surface area contributed by atoms with Crippen molar-refractivity contribution in [3.8, 4) is 0 Å². The summed E-state index contributed by atoms with van der Waals surface area (Å²) in [5, 5.41) is 3.97. The lowest BCUT2D eigenvalue weighted by Gasteiger charge is -1.99. The summed E-state index contributed by atoms with van der Waals surface area (Å²) < 4.78 is 31.0. The Morgan fingerprint density at radius 3 is 2.75 bits per heavy atom. The normalized spacial score (nSPS) is 12.1. The van der Waals surface area contributed by atoms with Crippen LogP contribution in [0.1, 0.15) is 18.2 Å². The molecule has 1 aromatic heterocycles. The van der Waals surface area contributed by atoms with Crippen LogP contribution >= 0.6 is 11.3 Å². The third-order valence-electron chi connectivity index (χ3n) is 2.43.